The minimum absolute atomic E-state index is 0.201. The molecule has 0 aromatic carbocycles. The first-order valence-electron chi connectivity index (χ1n) is 5.22. The van der Waals surface area contributed by atoms with Gasteiger partial charge in [0.1, 0.15) is 0 Å². The molecule has 3 heteroatoms. The number of thiophene rings is 1. The Kier molecular flexibility index (Phi) is 1.79. The third-order valence-electron chi connectivity index (χ3n) is 3.45. The van der Waals surface area contributed by atoms with Crippen LogP contribution in [0.1, 0.15) is 16.2 Å². The van der Waals surface area contributed by atoms with Crippen LogP contribution in [0.3, 0.4) is 0 Å². The van der Waals surface area contributed by atoms with Crippen molar-refractivity contribution in [1.82, 2.24) is 4.90 Å². The first-order valence-corrected chi connectivity index (χ1v) is 6.04. The Labute approximate surface area is 88.7 Å². The molecule has 76 valence electrons. The molecule has 1 aromatic heterocycles. The molecule has 2 nitrogen and oxygen atoms in total. The molecule has 1 aliphatic carbocycles. The number of piperidine rings is 1. The molecule has 1 aliphatic heterocycles. The molecule has 0 bridgehead atoms. The molecule has 0 unspecified atom stereocenters. The van der Waals surface area contributed by atoms with E-state index < -0.39 is 0 Å². The monoisotopic (exact) mass is 208 g/mol. The molecular formula is C11H16N2S. The SMILES string of the molecule is Cc1ccc(CN2C[C@H]3C[C@]3(N)C2)s1. The van der Waals surface area contributed by atoms with E-state index in [1.807, 2.05) is 11.3 Å². The van der Waals surface area contributed by atoms with Crippen LogP contribution in [0.5, 0.6) is 0 Å². The second kappa shape index (κ2) is 2.81. The average Bonchev–Trinajstić information content (AvgIpc) is 2.46. The lowest BCUT2D eigenvalue weighted by molar-refractivity contribution is 0.293. The van der Waals surface area contributed by atoms with E-state index in [2.05, 4.69) is 24.0 Å². The van der Waals surface area contributed by atoms with Crippen molar-refractivity contribution in [2.45, 2.75) is 25.4 Å². The van der Waals surface area contributed by atoms with Gasteiger partial charge in [0.25, 0.3) is 0 Å². The second-order valence-corrected chi connectivity index (χ2v) is 6.19. The molecule has 3 rings (SSSR count). The molecule has 1 saturated carbocycles. The van der Waals surface area contributed by atoms with E-state index in [-0.39, 0.29) is 5.54 Å². The highest BCUT2D eigenvalue weighted by Crippen LogP contribution is 2.47. The number of hydrogen-bond donors (Lipinski definition) is 1. The van der Waals surface area contributed by atoms with Gasteiger partial charge in [0.05, 0.1) is 0 Å². The van der Waals surface area contributed by atoms with Crippen LogP contribution >= 0.6 is 11.3 Å². The molecule has 14 heavy (non-hydrogen) atoms. The summed E-state index contributed by atoms with van der Waals surface area (Å²) in [5.41, 5.74) is 6.36. The summed E-state index contributed by atoms with van der Waals surface area (Å²) >= 11 is 1.91. The Morgan fingerprint density at radius 3 is 3.07 bits per heavy atom. The van der Waals surface area contributed by atoms with Crippen molar-refractivity contribution in [2.24, 2.45) is 11.7 Å². The molecular weight excluding hydrogens is 192 g/mol. The summed E-state index contributed by atoms with van der Waals surface area (Å²) in [4.78, 5) is 5.39. The third-order valence-corrected chi connectivity index (χ3v) is 4.44. The highest BCUT2D eigenvalue weighted by molar-refractivity contribution is 7.11. The standard InChI is InChI=1S/C11H16N2S/c1-8-2-3-10(14-8)6-13-5-9-4-11(9,12)7-13/h2-3,9H,4-7,12H2,1H3/t9-,11+/m1/s1. The zero-order chi connectivity index (χ0) is 9.76. The number of likely N-dealkylation sites (tertiary alicyclic amines) is 1. The number of fused-ring (bicyclic) bond motifs is 1. The first-order chi connectivity index (χ1) is 6.66. The predicted octanol–water partition coefficient (Wildman–Crippen LogP) is 1.59. The average molecular weight is 208 g/mol. The zero-order valence-electron chi connectivity index (χ0n) is 8.49. The van der Waals surface area contributed by atoms with Crippen LogP contribution in [0.15, 0.2) is 12.1 Å². The van der Waals surface area contributed by atoms with Gasteiger partial charge < -0.3 is 5.73 Å². The van der Waals surface area contributed by atoms with E-state index in [1.54, 1.807) is 0 Å². The number of nitrogens with two attached hydrogens (primary N) is 1. The van der Waals surface area contributed by atoms with Crippen LogP contribution < -0.4 is 5.73 Å². The Balaban J connectivity index is 1.64. The Hall–Kier alpha value is -0.380. The summed E-state index contributed by atoms with van der Waals surface area (Å²) in [7, 11) is 0. The summed E-state index contributed by atoms with van der Waals surface area (Å²) in [6.07, 6.45) is 1.26. The van der Waals surface area contributed by atoms with E-state index in [0.717, 1.165) is 19.0 Å². The van der Waals surface area contributed by atoms with Gasteiger partial charge in [-0.2, -0.15) is 0 Å². The van der Waals surface area contributed by atoms with E-state index >= 15 is 0 Å². The lowest BCUT2D eigenvalue weighted by Crippen LogP contribution is -2.32. The molecule has 2 aliphatic rings. The van der Waals surface area contributed by atoms with Crippen LogP contribution in [0.4, 0.5) is 0 Å². The van der Waals surface area contributed by atoms with Crippen molar-refractivity contribution >= 4 is 11.3 Å². The fourth-order valence-electron chi connectivity index (χ4n) is 2.54. The third kappa shape index (κ3) is 1.40. The molecule has 2 atom stereocenters. The number of nitrogens with zero attached hydrogens (tertiary/aromatic N) is 1. The van der Waals surface area contributed by atoms with E-state index in [9.17, 15) is 0 Å². The van der Waals surface area contributed by atoms with Gasteiger partial charge >= 0.3 is 0 Å². The minimum Gasteiger partial charge on any atom is -0.324 e. The van der Waals surface area contributed by atoms with Crippen LogP contribution in [-0.4, -0.2) is 23.5 Å². The number of aryl methyl sites for hydroxylation is 1. The normalized spacial score (nSPS) is 36.0. The van der Waals surface area contributed by atoms with Crippen LogP contribution in [0, 0.1) is 12.8 Å². The quantitative estimate of drug-likeness (QED) is 0.799. The maximum Gasteiger partial charge on any atom is 0.0328 e. The van der Waals surface area contributed by atoms with Gasteiger partial charge in [-0.3, -0.25) is 4.90 Å². The molecule has 1 saturated heterocycles. The van der Waals surface area contributed by atoms with Crippen LogP contribution in [0.25, 0.3) is 0 Å². The Morgan fingerprint density at radius 1 is 1.64 bits per heavy atom. The maximum atomic E-state index is 6.16. The molecule has 2 heterocycles. The first kappa shape index (κ1) is 8.89. The summed E-state index contributed by atoms with van der Waals surface area (Å²) in [5, 5.41) is 0. The van der Waals surface area contributed by atoms with Gasteiger partial charge in [0.2, 0.25) is 0 Å². The topological polar surface area (TPSA) is 29.3 Å². The fraction of sp³-hybridized carbons (Fsp3) is 0.636. The fourth-order valence-corrected chi connectivity index (χ4v) is 3.48. The van der Waals surface area contributed by atoms with Crippen molar-refractivity contribution in [3.8, 4) is 0 Å². The molecule has 2 fully saturated rings. The van der Waals surface area contributed by atoms with Gasteiger partial charge in [-0.05, 0) is 31.4 Å². The lowest BCUT2D eigenvalue weighted by Gasteiger charge is -2.17. The summed E-state index contributed by atoms with van der Waals surface area (Å²) in [6, 6.07) is 4.45. The Bertz CT molecular complexity index is 360. The summed E-state index contributed by atoms with van der Waals surface area (Å²) < 4.78 is 0. The summed E-state index contributed by atoms with van der Waals surface area (Å²) in [6.45, 7) is 5.59. The van der Waals surface area contributed by atoms with Gasteiger partial charge in [-0.25, -0.2) is 0 Å². The van der Waals surface area contributed by atoms with Crippen molar-refractivity contribution in [3.05, 3.63) is 21.9 Å². The molecule has 1 aromatic rings. The minimum atomic E-state index is 0.201. The molecule has 0 amide bonds. The predicted molar refractivity (Wildman–Crippen MR) is 59.4 cm³/mol. The smallest absolute Gasteiger partial charge is 0.0328 e. The van der Waals surface area contributed by atoms with Crippen LogP contribution in [0.2, 0.25) is 0 Å². The van der Waals surface area contributed by atoms with E-state index in [4.69, 9.17) is 5.73 Å². The maximum absolute atomic E-state index is 6.16. The van der Waals surface area contributed by atoms with E-state index in [0.29, 0.717) is 0 Å². The van der Waals surface area contributed by atoms with Gasteiger partial charge in [0.15, 0.2) is 0 Å². The molecule has 0 spiro atoms. The highest BCUT2D eigenvalue weighted by atomic mass is 32.1. The molecule has 2 N–H and O–H groups in total. The van der Waals surface area contributed by atoms with Crippen molar-refractivity contribution in [3.63, 3.8) is 0 Å². The van der Waals surface area contributed by atoms with Gasteiger partial charge in [-0.15, -0.1) is 11.3 Å². The van der Waals surface area contributed by atoms with Crippen molar-refractivity contribution < 1.29 is 0 Å². The number of rotatable bonds is 2. The largest absolute Gasteiger partial charge is 0.324 e. The Morgan fingerprint density at radius 2 is 2.50 bits per heavy atom. The second-order valence-electron chi connectivity index (χ2n) is 4.82. The van der Waals surface area contributed by atoms with Gasteiger partial charge in [-0.1, -0.05) is 0 Å². The van der Waals surface area contributed by atoms with E-state index in [1.165, 1.54) is 22.7 Å². The highest BCUT2D eigenvalue weighted by Gasteiger charge is 2.56. The summed E-state index contributed by atoms with van der Waals surface area (Å²) in [5.74, 6) is 0.795. The van der Waals surface area contributed by atoms with Crippen LogP contribution in [-0.2, 0) is 6.54 Å². The van der Waals surface area contributed by atoms with Gasteiger partial charge in [0, 0.05) is 34.9 Å². The zero-order valence-corrected chi connectivity index (χ0v) is 9.31. The van der Waals surface area contributed by atoms with Crippen molar-refractivity contribution in [2.75, 3.05) is 13.1 Å². The molecule has 0 radical (unpaired) electrons. The van der Waals surface area contributed by atoms with Crippen molar-refractivity contribution in [1.29, 1.82) is 0 Å². The number of hydrogen-bond acceptors (Lipinski definition) is 3. The lowest BCUT2D eigenvalue weighted by atomic mass is 10.3.